The van der Waals surface area contributed by atoms with Crippen molar-refractivity contribution in [1.82, 2.24) is 4.98 Å². The summed E-state index contributed by atoms with van der Waals surface area (Å²) in [6.07, 6.45) is 1.99. The molecule has 1 aromatic heterocycles. The number of amides is 1. The first-order valence-corrected chi connectivity index (χ1v) is 8.24. The van der Waals surface area contributed by atoms with Gasteiger partial charge in [-0.1, -0.05) is 23.2 Å². The van der Waals surface area contributed by atoms with Crippen molar-refractivity contribution in [2.75, 3.05) is 19.5 Å². The molecule has 0 saturated heterocycles. The molecule has 0 aliphatic carbocycles. The summed E-state index contributed by atoms with van der Waals surface area (Å²) >= 11 is 12.1. The fourth-order valence-electron chi connectivity index (χ4n) is 2.62. The van der Waals surface area contributed by atoms with Crippen molar-refractivity contribution in [3.05, 3.63) is 52.1 Å². The van der Waals surface area contributed by atoms with Crippen LogP contribution in [-0.4, -0.2) is 25.1 Å². The summed E-state index contributed by atoms with van der Waals surface area (Å²) in [6.45, 7) is 0. The van der Waals surface area contributed by atoms with Crippen LogP contribution in [0, 0.1) is 0 Å². The molecule has 1 amide bonds. The van der Waals surface area contributed by atoms with Crippen LogP contribution < -0.4 is 14.8 Å². The van der Waals surface area contributed by atoms with Gasteiger partial charge in [-0.2, -0.15) is 0 Å². The second-order valence-electron chi connectivity index (χ2n) is 5.42. The number of carbonyl (C=O) groups excluding carboxylic acids is 1. The van der Waals surface area contributed by atoms with Crippen molar-refractivity contribution in [2.24, 2.45) is 0 Å². The van der Waals surface area contributed by atoms with Crippen molar-refractivity contribution in [2.45, 2.75) is 6.42 Å². The highest BCUT2D eigenvalue weighted by molar-refractivity contribution is 6.32. The van der Waals surface area contributed by atoms with Gasteiger partial charge < -0.3 is 19.8 Å². The molecule has 2 aromatic carbocycles. The predicted molar refractivity (Wildman–Crippen MR) is 100 cm³/mol. The number of nitrogens with one attached hydrogen (secondary N) is 2. The van der Waals surface area contributed by atoms with Crippen LogP contribution in [0.4, 0.5) is 5.69 Å². The third kappa shape index (κ3) is 3.67. The normalized spacial score (nSPS) is 10.7. The maximum atomic E-state index is 12.5. The first kappa shape index (κ1) is 17.5. The largest absolute Gasteiger partial charge is 0.495 e. The lowest BCUT2D eigenvalue weighted by Gasteiger charge is -2.13. The number of hydrogen-bond donors (Lipinski definition) is 2. The number of rotatable bonds is 5. The first-order chi connectivity index (χ1) is 12.0. The van der Waals surface area contributed by atoms with Gasteiger partial charge in [0.15, 0.2) is 0 Å². The molecule has 3 aromatic rings. The summed E-state index contributed by atoms with van der Waals surface area (Å²) < 4.78 is 10.5. The van der Waals surface area contributed by atoms with Crippen molar-refractivity contribution < 1.29 is 14.3 Å². The molecule has 0 spiro atoms. The van der Waals surface area contributed by atoms with E-state index in [0.29, 0.717) is 27.2 Å². The lowest BCUT2D eigenvalue weighted by atomic mass is 10.1. The van der Waals surface area contributed by atoms with Gasteiger partial charge in [0.05, 0.1) is 31.4 Å². The van der Waals surface area contributed by atoms with Crippen molar-refractivity contribution in [3.8, 4) is 11.5 Å². The van der Waals surface area contributed by atoms with Gasteiger partial charge in [0.25, 0.3) is 0 Å². The topological polar surface area (TPSA) is 63.3 Å². The van der Waals surface area contributed by atoms with Crippen LogP contribution >= 0.6 is 23.2 Å². The summed E-state index contributed by atoms with van der Waals surface area (Å²) in [5.41, 5.74) is 2.28. The number of halogens is 2. The highest BCUT2D eigenvalue weighted by Crippen LogP contribution is 2.36. The highest BCUT2D eigenvalue weighted by atomic mass is 35.5. The minimum absolute atomic E-state index is 0.189. The summed E-state index contributed by atoms with van der Waals surface area (Å²) in [7, 11) is 3.02. The Morgan fingerprint density at radius 1 is 1.12 bits per heavy atom. The number of ether oxygens (including phenoxy) is 2. The number of fused-ring (bicyclic) bond motifs is 1. The van der Waals surface area contributed by atoms with E-state index in [4.69, 9.17) is 32.7 Å². The van der Waals surface area contributed by atoms with E-state index in [2.05, 4.69) is 10.3 Å². The molecule has 0 unspecified atom stereocenters. The Balaban J connectivity index is 1.83. The summed E-state index contributed by atoms with van der Waals surface area (Å²) in [5, 5.41) is 4.78. The van der Waals surface area contributed by atoms with E-state index < -0.39 is 0 Å². The zero-order chi connectivity index (χ0) is 18.0. The number of benzene rings is 2. The van der Waals surface area contributed by atoms with Crippen LogP contribution in [0.25, 0.3) is 10.9 Å². The Morgan fingerprint density at radius 2 is 1.88 bits per heavy atom. The molecule has 5 nitrogen and oxygen atoms in total. The average molecular weight is 379 g/mol. The van der Waals surface area contributed by atoms with Gasteiger partial charge in [0.2, 0.25) is 5.91 Å². The van der Waals surface area contributed by atoms with Crippen molar-refractivity contribution in [1.29, 1.82) is 0 Å². The van der Waals surface area contributed by atoms with Gasteiger partial charge >= 0.3 is 0 Å². The van der Waals surface area contributed by atoms with Gasteiger partial charge in [-0.25, -0.2) is 0 Å². The van der Waals surface area contributed by atoms with Gasteiger partial charge in [0.1, 0.15) is 11.5 Å². The van der Waals surface area contributed by atoms with E-state index in [1.165, 1.54) is 14.2 Å². The number of hydrogen-bond acceptors (Lipinski definition) is 3. The quantitative estimate of drug-likeness (QED) is 0.677. The smallest absolute Gasteiger partial charge is 0.228 e. The Hall–Kier alpha value is -2.37. The van der Waals surface area contributed by atoms with Crippen molar-refractivity contribution in [3.63, 3.8) is 0 Å². The standard InChI is InChI=1S/C18H16Cl2N2O3/c1-24-16-8-15(17(25-2)7-13(16)20)22-18(23)5-10-9-21-14-4-3-11(19)6-12(10)14/h3-4,6-9,21H,5H2,1-2H3,(H,22,23). The van der Waals surface area contributed by atoms with Crippen LogP contribution in [0.5, 0.6) is 11.5 Å². The number of anilines is 1. The van der Waals surface area contributed by atoms with Gasteiger partial charge in [-0.15, -0.1) is 0 Å². The molecular formula is C18H16Cl2N2O3. The van der Waals surface area contributed by atoms with Crippen LogP contribution in [0.2, 0.25) is 10.0 Å². The predicted octanol–water partition coefficient (Wildman–Crippen LogP) is 4.67. The molecule has 0 aliphatic heterocycles. The summed E-state index contributed by atoms with van der Waals surface area (Å²) in [6, 6.07) is 8.75. The second kappa shape index (κ2) is 7.25. The van der Waals surface area contributed by atoms with E-state index in [1.54, 1.807) is 24.4 Å². The molecule has 3 rings (SSSR count). The maximum absolute atomic E-state index is 12.5. The van der Waals surface area contributed by atoms with Crippen LogP contribution in [0.1, 0.15) is 5.56 Å². The van der Waals surface area contributed by atoms with Crippen LogP contribution in [0.3, 0.4) is 0 Å². The van der Waals surface area contributed by atoms with Crippen LogP contribution in [-0.2, 0) is 11.2 Å². The molecule has 0 bridgehead atoms. The van der Waals surface area contributed by atoms with Gasteiger partial charge in [-0.05, 0) is 23.8 Å². The summed E-state index contributed by atoms with van der Waals surface area (Å²) in [5.74, 6) is 0.723. The zero-order valence-electron chi connectivity index (χ0n) is 13.7. The minimum Gasteiger partial charge on any atom is -0.495 e. The lowest BCUT2D eigenvalue weighted by Crippen LogP contribution is -2.15. The molecule has 0 saturated carbocycles. The number of methoxy groups -OCH3 is 2. The molecular weight excluding hydrogens is 363 g/mol. The first-order valence-electron chi connectivity index (χ1n) is 7.48. The van der Waals surface area contributed by atoms with E-state index in [0.717, 1.165) is 16.5 Å². The molecule has 130 valence electrons. The minimum atomic E-state index is -0.191. The average Bonchev–Trinajstić information content (AvgIpc) is 2.98. The van der Waals surface area contributed by atoms with Gasteiger partial charge in [-0.3, -0.25) is 4.79 Å². The van der Waals surface area contributed by atoms with Crippen molar-refractivity contribution >= 4 is 45.7 Å². The SMILES string of the molecule is COc1cc(NC(=O)Cc2c[nH]c3ccc(Cl)cc23)c(OC)cc1Cl. The van der Waals surface area contributed by atoms with E-state index >= 15 is 0 Å². The molecule has 25 heavy (non-hydrogen) atoms. The van der Waals surface area contributed by atoms with E-state index in [1.807, 2.05) is 12.1 Å². The zero-order valence-corrected chi connectivity index (χ0v) is 15.2. The molecule has 1 heterocycles. The Kier molecular flexibility index (Phi) is 5.06. The number of aromatic amines is 1. The molecule has 0 aliphatic rings. The Bertz CT molecular complexity index is 937. The number of H-pyrrole nitrogens is 1. The maximum Gasteiger partial charge on any atom is 0.228 e. The molecule has 7 heteroatoms. The van der Waals surface area contributed by atoms with E-state index in [-0.39, 0.29) is 12.3 Å². The fraction of sp³-hybridized carbons (Fsp3) is 0.167. The van der Waals surface area contributed by atoms with Gasteiger partial charge in [0, 0.05) is 34.3 Å². The fourth-order valence-corrected chi connectivity index (χ4v) is 3.03. The second-order valence-corrected chi connectivity index (χ2v) is 6.26. The Morgan fingerprint density at radius 3 is 2.60 bits per heavy atom. The number of aromatic nitrogens is 1. The molecule has 2 N–H and O–H groups in total. The lowest BCUT2D eigenvalue weighted by molar-refractivity contribution is -0.115. The highest BCUT2D eigenvalue weighted by Gasteiger charge is 2.14. The third-order valence-electron chi connectivity index (χ3n) is 3.83. The molecule has 0 radical (unpaired) electrons. The third-order valence-corrected chi connectivity index (χ3v) is 4.36. The molecule has 0 atom stereocenters. The Labute approximate surface area is 154 Å². The summed E-state index contributed by atoms with van der Waals surface area (Å²) in [4.78, 5) is 15.6. The van der Waals surface area contributed by atoms with E-state index in [9.17, 15) is 4.79 Å². The monoisotopic (exact) mass is 378 g/mol. The molecule has 0 fully saturated rings. The number of carbonyl (C=O) groups is 1. The van der Waals surface area contributed by atoms with Crippen LogP contribution in [0.15, 0.2) is 36.5 Å².